The predicted molar refractivity (Wildman–Crippen MR) is 114 cm³/mol. The van der Waals surface area contributed by atoms with Gasteiger partial charge in [-0.15, -0.1) is 0 Å². The van der Waals surface area contributed by atoms with Gasteiger partial charge in [0.25, 0.3) is 5.56 Å². The molecule has 0 aliphatic heterocycles. The SMILES string of the molecule is O=C(O)Cn1c(/C=C/c2ccccc2)ccc(NC(=O)OCc2ccccc2)c1=O. The largest absolute Gasteiger partial charge is 0.480 e. The number of anilines is 1. The van der Waals surface area contributed by atoms with Crippen LogP contribution in [0.15, 0.2) is 77.6 Å². The number of carbonyl (C=O) groups excluding carboxylic acids is 1. The van der Waals surface area contributed by atoms with E-state index in [2.05, 4.69) is 5.32 Å². The van der Waals surface area contributed by atoms with Crippen LogP contribution >= 0.6 is 0 Å². The Labute approximate surface area is 172 Å². The second-order valence-electron chi connectivity index (χ2n) is 6.39. The molecule has 0 saturated heterocycles. The van der Waals surface area contributed by atoms with Crippen LogP contribution in [0.2, 0.25) is 0 Å². The molecule has 0 aliphatic carbocycles. The summed E-state index contributed by atoms with van der Waals surface area (Å²) in [6, 6.07) is 21.5. The number of pyridine rings is 1. The van der Waals surface area contributed by atoms with Gasteiger partial charge in [0, 0.05) is 5.69 Å². The third-order valence-corrected chi connectivity index (χ3v) is 4.20. The van der Waals surface area contributed by atoms with Gasteiger partial charge in [0.05, 0.1) is 0 Å². The molecule has 152 valence electrons. The van der Waals surface area contributed by atoms with Crippen molar-refractivity contribution in [1.82, 2.24) is 4.57 Å². The molecule has 0 atom stereocenters. The van der Waals surface area contributed by atoms with Gasteiger partial charge in [-0.3, -0.25) is 19.5 Å². The van der Waals surface area contributed by atoms with Crippen molar-refractivity contribution in [2.75, 3.05) is 5.32 Å². The van der Waals surface area contributed by atoms with Crippen molar-refractivity contribution in [1.29, 1.82) is 0 Å². The number of hydrogen-bond acceptors (Lipinski definition) is 4. The minimum Gasteiger partial charge on any atom is -0.480 e. The summed E-state index contributed by atoms with van der Waals surface area (Å²) in [6.07, 6.45) is 2.62. The van der Waals surface area contributed by atoms with Crippen LogP contribution in [0.25, 0.3) is 12.2 Å². The first-order valence-corrected chi connectivity index (χ1v) is 9.19. The number of nitrogens with one attached hydrogen (secondary N) is 1. The standard InChI is InChI=1S/C23H20N2O5/c26-21(27)15-25-19(12-11-17-7-3-1-4-8-17)13-14-20(22(25)28)24-23(29)30-16-18-9-5-2-6-10-18/h1-14H,15-16H2,(H,24,29)(H,26,27)/b12-11+. The molecule has 7 heteroatoms. The lowest BCUT2D eigenvalue weighted by Gasteiger charge is -2.12. The molecule has 3 rings (SSSR count). The van der Waals surface area contributed by atoms with Crippen LogP contribution in [0.5, 0.6) is 0 Å². The first-order chi connectivity index (χ1) is 14.5. The van der Waals surface area contributed by atoms with Gasteiger partial charge in [0.1, 0.15) is 18.8 Å². The minimum absolute atomic E-state index is 0.0495. The van der Waals surface area contributed by atoms with Gasteiger partial charge < -0.3 is 9.84 Å². The zero-order valence-corrected chi connectivity index (χ0v) is 16.0. The number of benzene rings is 2. The molecule has 7 nitrogen and oxygen atoms in total. The molecule has 1 amide bonds. The molecular weight excluding hydrogens is 384 g/mol. The van der Waals surface area contributed by atoms with Gasteiger partial charge in [-0.25, -0.2) is 4.79 Å². The molecule has 0 unspecified atom stereocenters. The number of nitrogens with zero attached hydrogens (tertiary/aromatic N) is 1. The first kappa shape index (κ1) is 20.6. The Kier molecular flexibility index (Phi) is 6.78. The third kappa shape index (κ3) is 5.68. The highest BCUT2D eigenvalue weighted by Gasteiger charge is 2.13. The van der Waals surface area contributed by atoms with Crippen molar-refractivity contribution in [2.24, 2.45) is 0 Å². The zero-order chi connectivity index (χ0) is 21.3. The van der Waals surface area contributed by atoms with E-state index in [-0.39, 0.29) is 12.3 Å². The topological polar surface area (TPSA) is 97.6 Å². The Hall–Kier alpha value is -4.13. The zero-order valence-electron chi connectivity index (χ0n) is 16.0. The average Bonchev–Trinajstić information content (AvgIpc) is 2.75. The highest BCUT2D eigenvalue weighted by atomic mass is 16.5. The fourth-order valence-corrected chi connectivity index (χ4v) is 2.75. The van der Waals surface area contributed by atoms with Crippen molar-refractivity contribution >= 4 is 29.9 Å². The number of amides is 1. The summed E-state index contributed by atoms with van der Waals surface area (Å²) in [7, 11) is 0. The van der Waals surface area contributed by atoms with E-state index in [1.807, 2.05) is 48.5 Å². The molecule has 30 heavy (non-hydrogen) atoms. The van der Waals surface area contributed by atoms with Crippen LogP contribution in [-0.4, -0.2) is 21.7 Å². The lowest BCUT2D eigenvalue weighted by Crippen LogP contribution is -2.29. The van der Waals surface area contributed by atoms with E-state index in [1.54, 1.807) is 30.4 Å². The van der Waals surface area contributed by atoms with E-state index in [0.29, 0.717) is 5.69 Å². The van der Waals surface area contributed by atoms with Crippen LogP contribution in [0, 0.1) is 0 Å². The Morgan fingerprint density at radius 1 is 0.933 bits per heavy atom. The van der Waals surface area contributed by atoms with Gasteiger partial charge in [0.2, 0.25) is 0 Å². The number of carboxylic acids is 1. The second kappa shape index (κ2) is 9.88. The van der Waals surface area contributed by atoms with E-state index in [1.165, 1.54) is 6.07 Å². The van der Waals surface area contributed by atoms with Crippen molar-refractivity contribution in [3.05, 3.63) is 100.0 Å². The van der Waals surface area contributed by atoms with E-state index in [0.717, 1.165) is 15.7 Å². The molecule has 0 fully saturated rings. The monoisotopic (exact) mass is 404 g/mol. The molecule has 2 aromatic carbocycles. The third-order valence-electron chi connectivity index (χ3n) is 4.20. The van der Waals surface area contributed by atoms with Gasteiger partial charge in [-0.05, 0) is 29.3 Å². The predicted octanol–water partition coefficient (Wildman–Crippen LogP) is 3.85. The Morgan fingerprint density at radius 2 is 1.60 bits per heavy atom. The summed E-state index contributed by atoms with van der Waals surface area (Å²) in [5, 5.41) is 11.6. The van der Waals surface area contributed by atoms with Crippen LogP contribution in [0.3, 0.4) is 0 Å². The Morgan fingerprint density at radius 3 is 2.27 bits per heavy atom. The minimum atomic E-state index is -1.17. The van der Waals surface area contributed by atoms with E-state index in [4.69, 9.17) is 4.74 Å². The van der Waals surface area contributed by atoms with E-state index < -0.39 is 24.2 Å². The molecule has 2 N–H and O–H groups in total. The molecule has 0 aliphatic rings. The van der Waals surface area contributed by atoms with Gasteiger partial charge in [-0.1, -0.05) is 66.7 Å². The number of ether oxygens (including phenoxy) is 1. The van der Waals surface area contributed by atoms with Crippen molar-refractivity contribution < 1.29 is 19.4 Å². The number of hydrogen-bond donors (Lipinski definition) is 2. The van der Waals surface area contributed by atoms with E-state index >= 15 is 0 Å². The molecule has 0 spiro atoms. The highest BCUT2D eigenvalue weighted by molar-refractivity contribution is 5.84. The number of carboxylic acid groups (broad SMARTS) is 1. The second-order valence-corrected chi connectivity index (χ2v) is 6.39. The number of rotatable bonds is 7. The molecular formula is C23H20N2O5. The number of aliphatic carboxylic acids is 1. The summed E-state index contributed by atoms with van der Waals surface area (Å²) in [4.78, 5) is 36.0. The average molecular weight is 404 g/mol. The Bertz CT molecular complexity index is 1110. The number of aromatic nitrogens is 1. The van der Waals surface area contributed by atoms with E-state index in [9.17, 15) is 19.5 Å². The van der Waals surface area contributed by atoms with Crippen molar-refractivity contribution in [3.63, 3.8) is 0 Å². The maximum Gasteiger partial charge on any atom is 0.412 e. The van der Waals surface area contributed by atoms with Crippen LogP contribution in [0.1, 0.15) is 16.8 Å². The van der Waals surface area contributed by atoms with Crippen LogP contribution in [0.4, 0.5) is 10.5 Å². The smallest absolute Gasteiger partial charge is 0.412 e. The lowest BCUT2D eigenvalue weighted by atomic mass is 10.2. The number of carbonyl (C=O) groups is 2. The summed E-state index contributed by atoms with van der Waals surface area (Å²) < 4.78 is 6.19. The van der Waals surface area contributed by atoms with Gasteiger partial charge in [0.15, 0.2) is 0 Å². The Balaban J connectivity index is 1.78. The quantitative estimate of drug-likeness (QED) is 0.623. The maximum atomic E-state index is 12.7. The lowest BCUT2D eigenvalue weighted by molar-refractivity contribution is -0.137. The highest BCUT2D eigenvalue weighted by Crippen LogP contribution is 2.11. The summed E-state index contributed by atoms with van der Waals surface area (Å²) in [5.74, 6) is -1.17. The molecule has 3 aromatic rings. The molecule has 1 aromatic heterocycles. The van der Waals surface area contributed by atoms with Crippen LogP contribution < -0.4 is 10.9 Å². The summed E-state index contributed by atoms with van der Waals surface area (Å²) in [6.45, 7) is -0.490. The van der Waals surface area contributed by atoms with Crippen molar-refractivity contribution in [2.45, 2.75) is 13.2 Å². The van der Waals surface area contributed by atoms with Crippen LogP contribution in [-0.2, 0) is 22.7 Å². The summed E-state index contributed by atoms with van der Waals surface area (Å²) in [5.41, 5.74) is 1.40. The molecule has 0 radical (unpaired) electrons. The maximum absolute atomic E-state index is 12.7. The first-order valence-electron chi connectivity index (χ1n) is 9.19. The fraction of sp³-hybridized carbons (Fsp3) is 0.0870. The molecule has 0 bridgehead atoms. The summed E-state index contributed by atoms with van der Waals surface area (Å²) >= 11 is 0. The van der Waals surface area contributed by atoms with Gasteiger partial charge >= 0.3 is 12.1 Å². The molecule has 1 heterocycles. The molecule has 0 saturated carbocycles. The fourth-order valence-electron chi connectivity index (χ4n) is 2.75. The normalized spacial score (nSPS) is 10.7. The van der Waals surface area contributed by atoms with Crippen molar-refractivity contribution in [3.8, 4) is 0 Å². The van der Waals surface area contributed by atoms with Gasteiger partial charge in [-0.2, -0.15) is 0 Å².